The lowest BCUT2D eigenvalue weighted by molar-refractivity contribution is -0.116. The summed E-state index contributed by atoms with van der Waals surface area (Å²) in [6.07, 6.45) is 3.47. The number of carbonyl (C=O) groups excluding carboxylic acids is 1. The molecule has 0 spiro atoms. The van der Waals surface area contributed by atoms with Crippen molar-refractivity contribution in [3.05, 3.63) is 94.3 Å². The molecule has 0 aliphatic rings. The molecule has 0 bridgehead atoms. The first-order chi connectivity index (χ1) is 16.8. The van der Waals surface area contributed by atoms with Gasteiger partial charge >= 0.3 is 0 Å². The van der Waals surface area contributed by atoms with Crippen molar-refractivity contribution in [2.75, 3.05) is 6.61 Å². The number of hydrogen-bond acceptors (Lipinski definition) is 3. The second kappa shape index (κ2) is 10.2. The van der Waals surface area contributed by atoms with Crippen LogP contribution in [0.15, 0.2) is 65.3 Å². The second-order valence-electron chi connectivity index (χ2n) is 9.19. The van der Waals surface area contributed by atoms with Gasteiger partial charge in [-0.3, -0.25) is 4.79 Å². The third kappa shape index (κ3) is 5.17. The van der Waals surface area contributed by atoms with Crippen LogP contribution < -0.4 is 10.1 Å². The highest BCUT2D eigenvalue weighted by Gasteiger charge is 2.20. The average molecular weight is 468 g/mol. The largest absolute Gasteiger partial charge is 0.493 e. The van der Waals surface area contributed by atoms with E-state index in [2.05, 4.69) is 50.4 Å². The summed E-state index contributed by atoms with van der Waals surface area (Å²) in [5.41, 5.74) is 10.4. The van der Waals surface area contributed by atoms with E-state index in [0.717, 1.165) is 50.1 Å². The predicted molar refractivity (Wildman–Crippen MR) is 144 cm³/mol. The highest BCUT2D eigenvalue weighted by Crippen LogP contribution is 2.41. The van der Waals surface area contributed by atoms with Crippen LogP contribution in [0, 0.1) is 27.7 Å². The molecule has 1 N–H and O–H groups in total. The summed E-state index contributed by atoms with van der Waals surface area (Å²) in [7, 11) is 0. The molecular formula is C31H33NO3. The van der Waals surface area contributed by atoms with Crippen LogP contribution >= 0.6 is 0 Å². The molecule has 1 amide bonds. The molecule has 0 atom stereocenters. The molecule has 180 valence electrons. The maximum absolute atomic E-state index is 12.8. The van der Waals surface area contributed by atoms with Gasteiger partial charge in [-0.1, -0.05) is 53.6 Å². The van der Waals surface area contributed by atoms with Crippen molar-refractivity contribution in [2.24, 2.45) is 0 Å². The first-order valence-electron chi connectivity index (χ1n) is 12.1. The summed E-state index contributed by atoms with van der Waals surface area (Å²) >= 11 is 0. The van der Waals surface area contributed by atoms with Gasteiger partial charge in [0.25, 0.3) is 0 Å². The van der Waals surface area contributed by atoms with Gasteiger partial charge in [0.05, 0.1) is 12.9 Å². The Morgan fingerprint density at radius 1 is 0.971 bits per heavy atom. The fraction of sp³-hybridized carbons (Fsp3) is 0.258. The zero-order valence-corrected chi connectivity index (χ0v) is 21.4. The first-order valence-corrected chi connectivity index (χ1v) is 12.1. The van der Waals surface area contributed by atoms with E-state index < -0.39 is 0 Å². The molecule has 4 nitrogen and oxygen atoms in total. The van der Waals surface area contributed by atoms with Gasteiger partial charge in [-0.25, -0.2) is 0 Å². The molecule has 3 aromatic carbocycles. The third-order valence-corrected chi connectivity index (χ3v) is 6.36. The van der Waals surface area contributed by atoms with Crippen LogP contribution in [0.25, 0.3) is 27.7 Å². The van der Waals surface area contributed by atoms with E-state index in [-0.39, 0.29) is 5.91 Å². The molecule has 4 rings (SSSR count). The number of fused-ring (bicyclic) bond motifs is 1. The highest BCUT2D eigenvalue weighted by atomic mass is 16.5. The Balaban J connectivity index is 1.72. The SMILES string of the molecule is CCOc1c(/C(C)=C/C(=O)NCc2ccc(C)cc2)cc2c(-c3ccc(C)cc3C)coc2c1C. The van der Waals surface area contributed by atoms with E-state index in [1.165, 1.54) is 16.7 Å². The minimum absolute atomic E-state index is 0.134. The van der Waals surface area contributed by atoms with Gasteiger partial charge in [0.15, 0.2) is 0 Å². The smallest absolute Gasteiger partial charge is 0.244 e. The van der Waals surface area contributed by atoms with Gasteiger partial charge in [0.2, 0.25) is 5.91 Å². The molecule has 0 saturated heterocycles. The van der Waals surface area contributed by atoms with Crippen LogP contribution in [0.1, 0.15) is 47.2 Å². The van der Waals surface area contributed by atoms with E-state index in [0.29, 0.717) is 13.2 Å². The summed E-state index contributed by atoms with van der Waals surface area (Å²) in [6.45, 7) is 13.2. The molecule has 35 heavy (non-hydrogen) atoms. The Hall–Kier alpha value is -3.79. The van der Waals surface area contributed by atoms with E-state index in [9.17, 15) is 4.79 Å². The maximum atomic E-state index is 12.8. The minimum atomic E-state index is -0.134. The molecule has 0 saturated carbocycles. The minimum Gasteiger partial charge on any atom is -0.493 e. The van der Waals surface area contributed by atoms with Gasteiger partial charge in [-0.15, -0.1) is 0 Å². The number of ether oxygens (including phenoxy) is 1. The Bertz CT molecular complexity index is 1410. The Labute approximate surface area is 207 Å². The quantitative estimate of drug-likeness (QED) is 0.287. The van der Waals surface area contributed by atoms with Crippen molar-refractivity contribution in [3.8, 4) is 16.9 Å². The van der Waals surface area contributed by atoms with Crippen LogP contribution in [0.3, 0.4) is 0 Å². The van der Waals surface area contributed by atoms with E-state index >= 15 is 0 Å². The Morgan fingerprint density at radius 2 is 1.69 bits per heavy atom. The molecule has 0 unspecified atom stereocenters. The van der Waals surface area contributed by atoms with Gasteiger partial charge in [-0.05, 0) is 69.9 Å². The van der Waals surface area contributed by atoms with E-state index in [1.807, 2.05) is 51.3 Å². The van der Waals surface area contributed by atoms with Gasteiger partial charge in [0.1, 0.15) is 11.3 Å². The zero-order valence-electron chi connectivity index (χ0n) is 21.4. The summed E-state index contributed by atoms with van der Waals surface area (Å²) < 4.78 is 12.1. The molecule has 0 aliphatic heterocycles. The number of furan rings is 1. The number of benzene rings is 3. The standard InChI is InChI=1S/C31H33NO3/c1-7-34-30-23(6)31-27(28(18-35-31)25-13-10-20(3)14-21(25)4)16-26(30)22(5)15-29(33)32-17-24-11-8-19(2)9-12-24/h8-16,18H,7,17H2,1-6H3,(H,32,33)/b22-15+. The van der Waals surface area contributed by atoms with E-state index in [4.69, 9.17) is 9.15 Å². The van der Waals surface area contributed by atoms with Crippen molar-refractivity contribution in [2.45, 2.75) is 48.1 Å². The molecule has 4 heteroatoms. The molecule has 1 aromatic heterocycles. The second-order valence-corrected chi connectivity index (χ2v) is 9.19. The number of hydrogen-bond donors (Lipinski definition) is 1. The molecule has 0 radical (unpaired) electrons. The number of rotatable bonds is 7. The molecule has 0 aliphatic carbocycles. The predicted octanol–water partition coefficient (Wildman–Crippen LogP) is 7.45. The van der Waals surface area contributed by atoms with Crippen molar-refractivity contribution in [3.63, 3.8) is 0 Å². The highest BCUT2D eigenvalue weighted by molar-refractivity contribution is 6.02. The Kier molecular flexibility index (Phi) is 7.11. The molecule has 1 heterocycles. The van der Waals surface area contributed by atoms with Crippen molar-refractivity contribution in [1.29, 1.82) is 0 Å². The summed E-state index contributed by atoms with van der Waals surface area (Å²) in [5, 5.41) is 4.01. The number of carbonyl (C=O) groups is 1. The topological polar surface area (TPSA) is 51.5 Å². The van der Waals surface area contributed by atoms with Crippen LogP contribution in [0.5, 0.6) is 5.75 Å². The molecule has 4 aromatic rings. The summed E-state index contributed by atoms with van der Waals surface area (Å²) in [5.74, 6) is 0.617. The number of aryl methyl sites for hydroxylation is 4. The van der Waals surface area contributed by atoms with Crippen molar-refractivity contribution < 1.29 is 13.9 Å². The lowest BCUT2D eigenvalue weighted by atomic mass is 9.94. The third-order valence-electron chi connectivity index (χ3n) is 6.36. The van der Waals surface area contributed by atoms with Crippen LogP contribution in [0.2, 0.25) is 0 Å². The van der Waals surface area contributed by atoms with E-state index in [1.54, 1.807) is 6.08 Å². The van der Waals surface area contributed by atoms with Gasteiger partial charge in [-0.2, -0.15) is 0 Å². The lowest BCUT2D eigenvalue weighted by Gasteiger charge is -2.15. The Morgan fingerprint density at radius 3 is 2.37 bits per heavy atom. The average Bonchev–Trinajstić information content (AvgIpc) is 3.24. The summed E-state index contributed by atoms with van der Waals surface area (Å²) in [4.78, 5) is 12.8. The molecule has 0 fully saturated rings. The maximum Gasteiger partial charge on any atom is 0.244 e. The fourth-order valence-electron chi connectivity index (χ4n) is 4.48. The number of nitrogens with one attached hydrogen (secondary N) is 1. The van der Waals surface area contributed by atoms with Crippen molar-refractivity contribution >= 4 is 22.4 Å². The van der Waals surface area contributed by atoms with Gasteiger partial charge < -0.3 is 14.5 Å². The van der Waals surface area contributed by atoms with Crippen molar-refractivity contribution in [1.82, 2.24) is 5.32 Å². The van der Waals surface area contributed by atoms with Crippen LogP contribution in [0.4, 0.5) is 0 Å². The fourth-order valence-corrected chi connectivity index (χ4v) is 4.48. The van der Waals surface area contributed by atoms with Crippen LogP contribution in [-0.2, 0) is 11.3 Å². The monoisotopic (exact) mass is 467 g/mol. The van der Waals surface area contributed by atoms with Crippen LogP contribution in [-0.4, -0.2) is 12.5 Å². The van der Waals surface area contributed by atoms with Gasteiger partial charge in [0, 0.05) is 34.7 Å². The first kappa shape index (κ1) is 24.3. The summed E-state index contributed by atoms with van der Waals surface area (Å²) in [6, 6.07) is 16.7. The number of amides is 1. The zero-order chi connectivity index (χ0) is 25.1. The molecular weight excluding hydrogens is 434 g/mol. The number of allylic oxidation sites excluding steroid dienone is 1. The lowest BCUT2D eigenvalue weighted by Crippen LogP contribution is -2.20. The normalized spacial score (nSPS) is 11.7.